The van der Waals surface area contributed by atoms with Gasteiger partial charge in [-0.15, -0.1) is 6.58 Å². The monoisotopic (exact) mass is 318 g/mol. The molecule has 2 aromatic heterocycles. The first-order valence-corrected chi connectivity index (χ1v) is 8.45. The van der Waals surface area contributed by atoms with Gasteiger partial charge in [0.2, 0.25) is 0 Å². The van der Waals surface area contributed by atoms with Crippen molar-refractivity contribution in [2.75, 3.05) is 0 Å². The predicted octanol–water partition coefficient (Wildman–Crippen LogP) is 2.54. The van der Waals surface area contributed by atoms with Crippen molar-refractivity contribution in [3.63, 3.8) is 0 Å². The van der Waals surface area contributed by atoms with E-state index in [1.54, 1.807) is 10.9 Å². The third kappa shape index (κ3) is 3.46. The number of hydrogen-bond acceptors (Lipinski definition) is 3. The maximum absolute atomic E-state index is 12.8. The van der Waals surface area contributed by atoms with Gasteiger partial charge in [0.25, 0.3) is 5.56 Å². The molecule has 0 aliphatic carbocycles. The Morgan fingerprint density at radius 3 is 2.35 bits per heavy atom. The highest BCUT2D eigenvalue weighted by atomic mass is 16.2. The summed E-state index contributed by atoms with van der Waals surface area (Å²) in [7, 11) is 0. The second-order valence-corrected chi connectivity index (χ2v) is 5.79. The van der Waals surface area contributed by atoms with E-state index in [4.69, 9.17) is 0 Å². The Morgan fingerprint density at radius 1 is 1.09 bits per heavy atom. The Labute approximate surface area is 136 Å². The lowest BCUT2D eigenvalue weighted by molar-refractivity contribution is 0.528. The van der Waals surface area contributed by atoms with E-state index in [1.807, 2.05) is 17.6 Å². The first kappa shape index (κ1) is 17.2. The zero-order valence-corrected chi connectivity index (χ0v) is 14.1. The highest BCUT2D eigenvalue weighted by Crippen LogP contribution is 2.09. The Kier molecular flexibility index (Phi) is 5.96. The highest BCUT2D eigenvalue weighted by Gasteiger charge is 2.17. The van der Waals surface area contributed by atoms with Gasteiger partial charge in [-0.1, -0.05) is 32.8 Å². The average Bonchev–Trinajstić information content (AvgIpc) is 2.96. The zero-order chi connectivity index (χ0) is 16.8. The molecule has 6 heteroatoms. The smallest absolute Gasteiger partial charge is 0.324 e. The Morgan fingerprint density at radius 2 is 1.74 bits per heavy atom. The summed E-state index contributed by atoms with van der Waals surface area (Å²) in [4.78, 5) is 29.8. The molecule has 126 valence electrons. The lowest BCUT2D eigenvalue weighted by Crippen LogP contribution is -2.40. The summed E-state index contributed by atoms with van der Waals surface area (Å²) in [6, 6.07) is 0. The van der Waals surface area contributed by atoms with Crippen molar-refractivity contribution in [3.05, 3.63) is 39.8 Å². The molecule has 0 bridgehead atoms. The molecule has 0 aliphatic heterocycles. The fourth-order valence-corrected chi connectivity index (χ4v) is 2.67. The van der Waals surface area contributed by atoms with Crippen LogP contribution in [-0.4, -0.2) is 18.7 Å². The highest BCUT2D eigenvalue weighted by molar-refractivity contribution is 5.70. The van der Waals surface area contributed by atoms with Crippen molar-refractivity contribution in [1.82, 2.24) is 18.7 Å². The van der Waals surface area contributed by atoms with Gasteiger partial charge in [0.15, 0.2) is 11.2 Å². The number of unbranched alkanes of at least 4 members (excludes halogenated alkanes) is 2. The molecule has 0 N–H and O–H groups in total. The number of aryl methyl sites for hydroxylation is 2. The second kappa shape index (κ2) is 7.94. The van der Waals surface area contributed by atoms with Gasteiger partial charge in [-0.05, 0) is 19.3 Å². The van der Waals surface area contributed by atoms with E-state index in [0.29, 0.717) is 30.8 Å². The number of fused-ring (bicyclic) bond motifs is 1. The Bertz CT molecular complexity index is 782. The van der Waals surface area contributed by atoms with Crippen LogP contribution < -0.4 is 11.2 Å². The number of nitrogens with zero attached hydrogens (tertiary/aromatic N) is 4. The van der Waals surface area contributed by atoms with Crippen molar-refractivity contribution in [2.24, 2.45) is 0 Å². The largest absolute Gasteiger partial charge is 0.332 e. The predicted molar refractivity (Wildman–Crippen MR) is 92.9 cm³/mol. The van der Waals surface area contributed by atoms with Crippen molar-refractivity contribution in [3.8, 4) is 0 Å². The van der Waals surface area contributed by atoms with Crippen molar-refractivity contribution >= 4 is 11.2 Å². The summed E-state index contributed by atoms with van der Waals surface area (Å²) in [6.07, 6.45) is 7.85. The molecule has 0 unspecified atom stereocenters. The minimum atomic E-state index is -0.238. The van der Waals surface area contributed by atoms with Crippen LogP contribution in [0.4, 0.5) is 0 Å². The van der Waals surface area contributed by atoms with Crippen molar-refractivity contribution in [1.29, 1.82) is 0 Å². The van der Waals surface area contributed by atoms with Crippen molar-refractivity contribution < 1.29 is 0 Å². The third-order valence-electron chi connectivity index (χ3n) is 4.03. The van der Waals surface area contributed by atoms with E-state index in [0.717, 1.165) is 32.1 Å². The maximum atomic E-state index is 12.8. The van der Waals surface area contributed by atoms with E-state index in [2.05, 4.69) is 18.5 Å². The summed E-state index contributed by atoms with van der Waals surface area (Å²) in [6.45, 7) is 9.55. The Balaban J connectivity index is 2.66. The molecular weight excluding hydrogens is 292 g/mol. The van der Waals surface area contributed by atoms with Crippen LogP contribution in [-0.2, 0) is 19.6 Å². The normalized spacial score (nSPS) is 11.2. The van der Waals surface area contributed by atoms with E-state index in [-0.39, 0.29) is 11.2 Å². The van der Waals surface area contributed by atoms with Gasteiger partial charge in [-0.3, -0.25) is 13.9 Å². The maximum Gasteiger partial charge on any atom is 0.332 e. The van der Waals surface area contributed by atoms with E-state index in [1.165, 1.54) is 4.57 Å². The number of allylic oxidation sites excluding steroid dienone is 1. The van der Waals surface area contributed by atoms with Crippen LogP contribution in [0.15, 0.2) is 28.6 Å². The van der Waals surface area contributed by atoms with Gasteiger partial charge in [0.1, 0.15) is 0 Å². The minimum Gasteiger partial charge on any atom is -0.324 e. The van der Waals surface area contributed by atoms with Crippen LogP contribution in [0, 0.1) is 0 Å². The van der Waals surface area contributed by atoms with Gasteiger partial charge in [-0.25, -0.2) is 9.78 Å². The lowest BCUT2D eigenvalue weighted by Gasteiger charge is -2.12. The molecule has 0 amide bonds. The molecule has 0 saturated heterocycles. The van der Waals surface area contributed by atoms with Gasteiger partial charge >= 0.3 is 5.69 Å². The minimum absolute atomic E-state index is 0.229. The number of hydrogen-bond donors (Lipinski definition) is 0. The fraction of sp³-hybridized carbons (Fsp3) is 0.588. The molecule has 23 heavy (non-hydrogen) atoms. The van der Waals surface area contributed by atoms with Crippen LogP contribution in [0.1, 0.15) is 46.0 Å². The zero-order valence-electron chi connectivity index (χ0n) is 14.1. The van der Waals surface area contributed by atoms with Crippen LogP contribution in [0.25, 0.3) is 11.2 Å². The standard InChI is InChI=1S/C17H26N4O2/c1-4-7-10-19-13-18-15-14(19)16(22)21(12-9-6-3)17(23)20(15)11-8-5-2/h4,13H,1,5-12H2,2-3H3. The summed E-state index contributed by atoms with van der Waals surface area (Å²) >= 11 is 0. The van der Waals surface area contributed by atoms with Gasteiger partial charge in [0.05, 0.1) is 6.33 Å². The molecule has 0 aromatic carbocycles. The molecule has 0 radical (unpaired) electrons. The number of rotatable bonds is 9. The molecular formula is C17H26N4O2. The van der Waals surface area contributed by atoms with Gasteiger partial charge < -0.3 is 4.57 Å². The molecule has 0 atom stereocenters. The fourth-order valence-electron chi connectivity index (χ4n) is 2.67. The number of imidazole rings is 1. The summed E-state index contributed by atoms with van der Waals surface area (Å²) < 4.78 is 4.86. The molecule has 2 heterocycles. The third-order valence-corrected chi connectivity index (χ3v) is 4.03. The summed E-state index contributed by atoms with van der Waals surface area (Å²) in [5.41, 5.74) is 0.565. The van der Waals surface area contributed by atoms with Crippen LogP contribution in [0.2, 0.25) is 0 Å². The summed E-state index contributed by atoms with van der Waals surface area (Å²) in [5, 5.41) is 0. The molecule has 0 aliphatic rings. The molecule has 0 saturated carbocycles. The first-order chi connectivity index (χ1) is 11.2. The molecule has 0 spiro atoms. The van der Waals surface area contributed by atoms with E-state index < -0.39 is 0 Å². The second-order valence-electron chi connectivity index (χ2n) is 5.79. The Hall–Kier alpha value is -2.11. The van der Waals surface area contributed by atoms with E-state index >= 15 is 0 Å². The molecule has 0 fully saturated rings. The number of aromatic nitrogens is 4. The molecule has 2 aromatic rings. The van der Waals surface area contributed by atoms with Crippen LogP contribution in [0.3, 0.4) is 0 Å². The van der Waals surface area contributed by atoms with Crippen LogP contribution >= 0.6 is 0 Å². The van der Waals surface area contributed by atoms with Gasteiger partial charge in [0, 0.05) is 19.6 Å². The van der Waals surface area contributed by atoms with E-state index in [9.17, 15) is 9.59 Å². The van der Waals surface area contributed by atoms with Crippen LogP contribution in [0.5, 0.6) is 0 Å². The first-order valence-electron chi connectivity index (χ1n) is 8.45. The topological polar surface area (TPSA) is 61.8 Å². The summed E-state index contributed by atoms with van der Waals surface area (Å²) in [5.74, 6) is 0. The quantitative estimate of drug-likeness (QED) is 0.668. The van der Waals surface area contributed by atoms with Gasteiger partial charge in [-0.2, -0.15) is 0 Å². The lowest BCUT2D eigenvalue weighted by atomic mass is 10.3. The average molecular weight is 318 g/mol. The SMILES string of the molecule is C=CCCn1cnc2c1c(=O)n(CCCC)c(=O)n2CCCC. The molecule has 2 rings (SSSR count). The van der Waals surface area contributed by atoms with Crippen molar-refractivity contribution in [2.45, 2.75) is 65.6 Å². The molecule has 6 nitrogen and oxygen atoms in total.